The second-order valence-electron chi connectivity index (χ2n) is 13.5. The number of para-hydroxylation sites is 4. The van der Waals surface area contributed by atoms with Gasteiger partial charge in [-0.2, -0.15) is 0 Å². The van der Waals surface area contributed by atoms with Gasteiger partial charge in [-0.25, -0.2) is 9.97 Å². The van der Waals surface area contributed by atoms with Crippen molar-refractivity contribution in [3.63, 3.8) is 0 Å². The molecule has 5 heteroatoms. The molecule has 0 bridgehead atoms. The Hall–Kier alpha value is -7.24. The number of benzene rings is 7. The highest BCUT2D eigenvalue weighted by molar-refractivity contribution is 6.13. The first-order valence-electron chi connectivity index (χ1n) is 17.9. The molecule has 11 rings (SSSR count). The maximum atomic E-state index is 5.08. The minimum atomic E-state index is 0.838. The summed E-state index contributed by atoms with van der Waals surface area (Å²) in [5, 5.41) is 3.68. The second-order valence-corrected chi connectivity index (χ2v) is 13.5. The van der Waals surface area contributed by atoms with Crippen LogP contribution in [0.3, 0.4) is 0 Å². The van der Waals surface area contributed by atoms with Crippen LogP contribution in [0.4, 0.5) is 17.1 Å². The number of nitrogens with zero attached hydrogens (tertiary/aromatic N) is 5. The van der Waals surface area contributed by atoms with E-state index in [0.717, 1.165) is 51.0 Å². The van der Waals surface area contributed by atoms with Crippen LogP contribution in [0.15, 0.2) is 188 Å². The van der Waals surface area contributed by atoms with E-state index in [1.165, 1.54) is 44.1 Å². The molecule has 0 N–H and O–H groups in total. The van der Waals surface area contributed by atoms with Gasteiger partial charge in [0.15, 0.2) is 5.65 Å². The van der Waals surface area contributed by atoms with Crippen molar-refractivity contribution in [2.45, 2.75) is 0 Å². The maximum Gasteiger partial charge on any atom is 0.164 e. The van der Waals surface area contributed by atoms with Gasteiger partial charge in [-0.05, 0) is 89.6 Å². The SMILES string of the molecule is c1ccc(-n2c(-c3ccc(N4c5ccccc5-c5c(n(-c6ccc7ccccc7c6)c6ccccc56)-c5ccccc54)cc3)nc3cccnc32)cc1. The fourth-order valence-electron chi connectivity index (χ4n) is 8.20. The summed E-state index contributed by atoms with van der Waals surface area (Å²) < 4.78 is 4.61. The Bertz CT molecular complexity index is 3010. The van der Waals surface area contributed by atoms with E-state index >= 15 is 0 Å². The lowest BCUT2D eigenvalue weighted by molar-refractivity contribution is 1.08. The molecule has 0 fully saturated rings. The largest absolute Gasteiger partial charge is 0.309 e. The Morgan fingerprint density at radius 3 is 1.98 bits per heavy atom. The van der Waals surface area contributed by atoms with Gasteiger partial charge in [-0.3, -0.25) is 4.57 Å². The number of anilines is 3. The molecule has 10 aromatic rings. The summed E-state index contributed by atoms with van der Waals surface area (Å²) in [4.78, 5) is 12.2. The van der Waals surface area contributed by atoms with Gasteiger partial charge in [0.1, 0.15) is 11.3 Å². The number of rotatable bonds is 4. The zero-order chi connectivity index (χ0) is 34.9. The zero-order valence-corrected chi connectivity index (χ0v) is 28.6. The van der Waals surface area contributed by atoms with Gasteiger partial charge in [0.25, 0.3) is 0 Å². The van der Waals surface area contributed by atoms with Crippen molar-refractivity contribution in [2.75, 3.05) is 4.90 Å². The van der Waals surface area contributed by atoms with Crippen LogP contribution in [0.2, 0.25) is 0 Å². The fraction of sp³-hybridized carbons (Fsp3) is 0. The molecule has 5 nitrogen and oxygen atoms in total. The molecule has 3 aromatic heterocycles. The number of hydrogen-bond acceptors (Lipinski definition) is 3. The van der Waals surface area contributed by atoms with Crippen LogP contribution >= 0.6 is 0 Å². The molecule has 53 heavy (non-hydrogen) atoms. The summed E-state index contributed by atoms with van der Waals surface area (Å²) in [6, 6.07) is 65.0. The lowest BCUT2D eigenvalue weighted by atomic mass is 9.98. The Kier molecular flexibility index (Phi) is 6.48. The molecule has 1 aliphatic heterocycles. The smallest absolute Gasteiger partial charge is 0.164 e. The van der Waals surface area contributed by atoms with Gasteiger partial charge in [0.05, 0.1) is 22.6 Å². The highest BCUT2D eigenvalue weighted by Crippen LogP contribution is 2.54. The molecule has 4 heterocycles. The Morgan fingerprint density at radius 1 is 0.453 bits per heavy atom. The van der Waals surface area contributed by atoms with Crippen LogP contribution in [-0.2, 0) is 0 Å². The molecule has 0 saturated carbocycles. The number of imidazole rings is 1. The molecule has 0 spiro atoms. The van der Waals surface area contributed by atoms with Crippen molar-refractivity contribution in [3.05, 3.63) is 188 Å². The zero-order valence-electron chi connectivity index (χ0n) is 28.6. The molecule has 0 saturated heterocycles. The maximum absolute atomic E-state index is 5.08. The first kappa shape index (κ1) is 29.5. The van der Waals surface area contributed by atoms with Crippen LogP contribution in [0.1, 0.15) is 0 Å². The molecule has 0 radical (unpaired) electrons. The van der Waals surface area contributed by atoms with Crippen LogP contribution in [-0.4, -0.2) is 19.1 Å². The standard InChI is InChI=1S/C48H31N5/c1-2-15-35(16-3-1)53-47(50-41-20-12-30-49-48(41)53)33-25-27-36(28-26-33)51-42-21-9-6-17-38(42)45-39-18-7-10-22-43(39)52(46(45)40-19-8-11-23-44(40)51)37-29-24-32-13-4-5-14-34(32)31-37/h1-31H. The normalized spacial score (nSPS) is 12.1. The summed E-state index contributed by atoms with van der Waals surface area (Å²) in [5.41, 5.74) is 14.2. The quantitative estimate of drug-likeness (QED) is 0.186. The average molecular weight is 678 g/mol. The third kappa shape index (κ3) is 4.51. The van der Waals surface area contributed by atoms with Gasteiger partial charge in [0.2, 0.25) is 0 Å². The Morgan fingerprint density at radius 2 is 1.13 bits per heavy atom. The molecular weight excluding hydrogens is 647 g/mol. The van der Waals surface area contributed by atoms with E-state index in [2.05, 4.69) is 178 Å². The molecule has 1 aliphatic rings. The van der Waals surface area contributed by atoms with Crippen LogP contribution in [0.5, 0.6) is 0 Å². The summed E-state index contributed by atoms with van der Waals surface area (Å²) in [6.07, 6.45) is 1.83. The minimum absolute atomic E-state index is 0.838. The highest BCUT2D eigenvalue weighted by atomic mass is 15.2. The predicted molar refractivity (Wildman–Crippen MR) is 218 cm³/mol. The van der Waals surface area contributed by atoms with Gasteiger partial charge in [-0.1, -0.05) is 103 Å². The van der Waals surface area contributed by atoms with Gasteiger partial charge in [0, 0.05) is 50.9 Å². The molecule has 7 aromatic carbocycles. The monoisotopic (exact) mass is 677 g/mol. The summed E-state index contributed by atoms with van der Waals surface area (Å²) in [5.74, 6) is 0.858. The Labute approximate surface area is 306 Å². The van der Waals surface area contributed by atoms with Crippen molar-refractivity contribution >= 4 is 49.9 Å². The molecule has 0 aliphatic carbocycles. The number of aromatic nitrogens is 4. The molecular formula is C48H31N5. The number of hydrogen-bond donors (Lipinski definition) is 0. The van der Waals surface area contributed by atoms with E-state index in [-0.39, 0.29) is 0 Å². The van der Waals surface area contributed by atoms with Crippen molar-refractivity contribution < 1.29 is 0 Å². The molecule has 248 valence electrons. The van der Waals surface area contributed by atoms with Crippen molar-refractivity contribution in [3.8, 4) is 45.1 Å². The second kappa shape index (κ2) is 11.7. The van der Waals surface area contributed by atoms with Gasteiger partial charge in [-0.15, -0.1) is 0 Å². The minimum Gasteiger partial charge on any atom is -0.309 e. The lowest BCUT2D eigenvalue weighted by Gasteiger charge is -2.27. The van der Waals surface area contributed by atoms with Crippen LogP contribution in [0.25, 0.3) is 78.0 Å². The first-order valence-corrected chi connectivity index (χ1v) is 17.9. The molecule has 0 unspecified atom stereocenters. The highest BCUT2D eigenvalue weighted by Gasteiger charge is 2.31. The van der Waals surface area contributed by atoms with Crippen LogP contribution < -0.4 is 4.90 Å². The van der Waals surface area contributed by atoms with E-state index in [9.17, 15) is 0 Å². The van der Waals surface area contributed by atoms with E-state index in [1.807, 2.05) is 24.4 Å². The van der Waals surface area contributed by atoms with Crippen molar-refractivity contribution in [1.82, 2.24) is 19.1 Å². The van der Waals surface area contributed by atoms with E-state index in [0.29, 0.717) is 0 Å². The third-order valence-electron chi connectivity index (χ3n) is 10.5. The molecule has 0 atom stereocenters. The number of fused-ring (bicyclic) bond motifs is 9. The number of pyridine rings is 1. The third-order valence-corrected chi connectivity index (χ3v) is 10.5. The van der Waals surface area contributed by atoms with E-state index in [1.54, 1.807) is 0 Å². The van der Waals surface area contributed by atoms with Crippen molar-refractivity contribution in [1.29, 1.82) is 0 Å². The van der Waals surface area contributed by atoms with Crippen molar-refractivity contribution in [2.24, 2.45) is 0 Å². The Balaban J connectivity index is 1.13. The van der Waals surface area contributed by atoms with E-state index in [4.69, 9.17) is 9.97 Å². The molecule has 0 amide bonds. The topological polar surface area (TPSA) is 38.9 Å². The van der Waals surface area contributed by atoms with Gasteiger partial charge < -0.3 is 9.47 Å². The van der Waals surface area contributed by atoms with E-state index < -0.39 is 0 Å². The average Bonchev–Trinajstić information content (AvgIpc) is 3.75. The predicted octanol–water partition coefficient (Wildman–Crippen LogP) is 12.3. The lowest BCUT2D eigenvalue weighted by Crippen LogP contribution is -2.11. The first-order chi connectivity index (χ1) is 26.3. The summed E-state index contributed by atoms with van der Waals surface area (Å²) in [6.45, 7) is 0. The fourth-order valence-corrected chi connectivity index (χ4v) is 8.20. The van der Waals surface area contributed by atoms with Crippen LogP contribution in [0, 0.1) is 0 Å². The summed E-state index contributed by atoms with van der Waals surface area (Å²) >= 11 is 0. The summed E-state index contributed by atoms with van der Waals surface area (Å²) in [7, 11) is 0. The van der Waals surface area contributed by atoms with Gasteiger partial charge >= 0.3 is 0 Å².